The fraction of sp³-hybridized carbons (Fsp3) is 0.600. The second-order valence-corrected chi connectivity index (χ2v) is 3.62. The van der Waals surface area contributed by atoms with Crippen LogP contribution in [-0.2, 0) is 9.47 Å². The quantitative estimate of drug-likeness (QED) is 0.653. The highest BCUT2D eigenvalue weighted by molar-refractivity contribution is 7.08. The van der Waals surface area contributed by atoms with Gasteiger partial charge < -0.3 is 14.2 Å². The second kappa shape index (κ2) is 6.81. The van der Waals surface area contributed by atoms with E-state index in [0.29, 0.717) is 26.4 Å². The highest BCUT2D eigenvalue weighted by Gasteiger charge is 1.98. The Kier molecular flexibility index (Phi) is 5.59. The minimum absolute atomic E-state index is 0.598. The lowest BCUT2D eigenvalue weighted by molar-refractivity contribution is 0.0544. The van der Waals surface area contributed by atoms with Crippen LogP contribution in [0.2, 0.25) is 0 Å². The largest absolute Gasteiger partial charge is 0.490 e. The number of aryl methyl sites for hydroxylation is 1. The van der Waals surface area contributed by atoms with Crippen LogP contribution in [0.5, 0.6) is 5.75 Å². The van der Waals surface area contributed by atoms with Gasteiger partial charge in [-0.2, -0.15) is 0 Å². The van der Waals surface area contributed by atoms with Gasteiger partial charge in [0.05, 0.1) is 19.8 Å². The molecule has 1 aromatic rings. The van der Waals surface area contributed by atoms with Crippen LogP contribution >= 0.6 is 11.3 Å². The summed E-state index contributed by atoms with van der Waals surface area (Å²) in [4.78, 5) is 0. The molecule has 0 fully saturated rings. The van der Waals surface area contributed by atoms with Gasteiger partial charge in [-0.1, -0.05) is 0 Å². The molecule has 1 aromatic heterocycles. The molecular formula is C10H16O3S. The van der Waals surface area contributed by atoms with Gasteiger partial charge in [0, 0.05) is 18.1 Å². The predicted octanol–water partition coefficient (Wildman–Crippen LogP) is 2.10. The van der Waals surface area contributed by atoms with Gasteiger partial charge in [0.15, 0.2) is 0 Å². The number of hydrogen-bond acceptors (Lipinski definition) is 4. The first-order chi connectivity index (χ1) is 6.84. The SMILES string of the molecule is COCCOCCOc1cscc1C. The topological polar surface area (TPSA) is 27.7 Å². The van der Waals surface area contributed by atoms with E-state index in [-0.39, 0.29) is 0 Å². The molecule has 80 valence electrons. The molecule has 0 radical (unpaired) electrons. The Balaban J connectivity index is 2.02. The minimum Gasteiger partial charge on any atom is -0.490 e. The first-order valence-corrected chi connectivity index (χ1v) is 5.51. The van der Waals surface area contributed by atoms with Gasteiger partial charge in [-0.3, -0.25) is 0 Å². The van der Waals surface area contributed by atoms with Crippen molar-refractivity contribution in [2.24, 2.45) is 0 Å². The molecule has 0 atom stereocenters. The summed E-state index contributed by atoms with van der Waals surface area (Å²) in [6.07, 6.45) is 0. The zero-order chi connectivity index (χ0) is 10.2. The third kappa shape index (κ3) is 4.09. The zero-order valence-electron chi connectivity index (χ0n) is 8.62. The van der Waals surface area contributed by atoms with Gasteiger partial charge >= 0.3 is 0 Å². The molecule has 0 aliphatic rings. The Bertz CT molecular complexity index is 247. The van der Waals surface area contributed by atoms with Crippen molar-refractivity contribution in [2.75, 3.05) is 33.5 Å². The normalized spacial score (nSPS) is 10.4. The van der Waals surface area contributed by atoms with Crippen LogP contribution in [0.25, 0.3) is 0 Å². The van der Waals surface area contributed by atoms with Crippen molar-refractivity contribution < 1.29 is 14.2 Å². The number of methoxy groups -OCH3 is 1. The summed E-state index contributed by atoms with van der Waals surface area (Å²) >= 11 is 1.65. The van der Waals surface area contributed by atoms with Crippen molar-refractivity contribution in [1.82, 2.24) is 0 Å². The molecule has 0 amide bonds. The van der Waals surface area contributed by atoms with E-state index in [9.17, 15) is 0 Å². The first-order valence-electron chi connectivity index (χ1n) is 4.57. The Morgan fingerprint density at radius 2 is 1.93 bits per heavy atom. The lowest BCUT2D eigenvalue weighted by Crippen LogP contribution is -2.09. The van der Waals surface area contributed by atoms with Crippen LogP contribution in [0.3, 0.4) is 0 Å². The number of thiophene rings is 1. The fourth-order valence-electron chi connectivity index (χ4n) is 0.952. The lowest BCUT2D eigenvalue weighted by atomic mass is 10.4. The molecule has 0 bridgehead atoms. The van der Waals surface area contributed by atoms with Crippen molar-refractivity contribution in [3.05, 3.63) is 16.3 Å². The summed E-state index contributed by atoms with van der Waals surface area (Å²) < 4.78 is 15.6. The number of hydrogen-bond donors (Lipinski definition) is 0. The van der Waals surface area contributed by atoms with Crippen LogP contribution in [0.15, 0.2) is 10.8 Å². The molecule has 0 N–H and O–H groups in total. The standard InChI is InChI=1S/C10H16O3S/c1-9-7-14-8-10(9)13-6-5-12-4-3-11-2/h7-8H,3-6H2,1-2H3. The van der Waals surface area contributed by atoms with E-state index in [1.54, 1.807) is 18.4 Å². The summed E-state index contributed by atoms with van der Waals surface area (Å²) in [5.41, 5.74) is 1.19. The molecule has 0 aromatic carbocycles. The monoisotopic (exact) mass is 216 g/mol. The summed E-state index contributed by atoms with van der Waals surface area (Å²) in [6.45, 7) is 4.51. The molecule has 1 heterocycles. The molecule has 14 heavy (non-hydrogen) atoms. The summed E-state index contributed by atoms with van der Waals surface area (Å²) in [6, 6.07) is 0. The zero-order valence-corrected chi connectivity index (χ0v) is 9.43. The maximum absolute atomic E-state index is 5.50. The molecule has 0 aliphatic heterocycles. The fourth-order valence-corrected chi connectivity index (χ4v) is 1.72. The van der Waals surface area contributed by atoms with Crippen LogP contribution in [0.1, 0.15) is 5.56 Å². The van der Waals surface area contributed by atoms with E-state index in [2.05, 4.69) is 5.38 Å². The molecule has 1 rings (SSSR count). The summed E-state index contributed by atoms with van der Waals surface area (Å²) in [7, 11) is 1.66. The second-order valence-electron chi connectivity index (χ2n) is 2.87. The predicted molar refractivity (Wildman–Crippen MR) is 57.2 cm³/mol. The third-order valence-corrected chi connectivity index (χ3v) is 2.57. The smallest absolute Gasteiger partial charge is 0.132 e. The van der Waals surface area contributed by atoms with E-state index < -0.39 is 0 Å². The molecule has 0 spiro atoms. The van der Waals surface area contributed by atoms with E-state index in [4.69, 9.17) is 14.2 Å². The van der Waals surface area contributed by atoms with Gasteiger partial charge in [-0.15, -0.1) is 11.3 Å². The van der Waals surface area contributed by atoms with Crippen LogP contribution in [0, 0.1) is 6.92 Å². The van der Waals surface area contributed by atoms with Crippen molar-refractivity contribution >= 4 is 11.3 Å². The van der Waals surface area contributed by atoms with Crippen molar-refractivity contribution in [1.29, 1.82) is 0 Å². The molecule has 0 saturated carbocycles. The lowest BCUT2D eigenvalue weighted by Gasteiger charge is -2.06. The van der Waals surface area contributed by atoms with Crippen LogP contribution in [0.4, 0.5) is 0 Å². The van der Waals surface area contributed by atoms with Gasteiger partial charge in [0.1, 0.15) is 12.4 Å². The van der Waals surface area contributed by atoms with Crippen molar-refractivity contribution in [2.45, 2.75) is 6.92 Å². The average Bonchev–Trinajstić information content (AvgIpc) is 2.58. The van der Waals surface area contributed by atoms with E-state index in [1.807, 2.05) is 12.3 Å². The summed E-state index contributed by atoms with van der Waals surface area (Å²) in [5.74, 6) is 0.963. The highest BCUT2D eigenvalue weighted by atomic mass is 32.1. The number of rotatable bonds is 7. The maximum Gasteiger partial charge on any atom is 0.132 e. The Labute approximate surface area is 88.6 Å². The first kappa shape index (κ1) is 11.5. The van der Waals surface area contributed by atoms with Gasteiger partial charge in [-0.25, -0.2) is 0 Å². The molecule has 4 heteroatoms. The van der Waals surface area contributed by atoms with E-state index in [0.717, 1.165) is 5.75 Å². The molecule has 3 nitrogen and oxygen atoms in total. The average molecular weight is 216 g/mol. The Morgan fingerprint density at radius 1 is 1.14 bits per heavy atom. The van der Waals surface area contributed by atoms with Crippen molar-refractivity contribution in [3.63, 3.8) is 0 Å². The maximum atomic E-state index is 5.50. The molecular weight excluding hydrogens is 200 g/mol. The third-order valence-electron chi connectivity index (χ3n) is 1.73. The van der Waals surface area contributed by atoms with Crippen LogP contribution < -0.4 is 4.74 Å². The molecule has 0 saturated heterocycles. The van der Waals surface area contributed by atoms with Gasteiger partial charge in [-0.05, 0) is 12.3 Å². The van der Waals surface area contributed by atoms with Crippen LogP contribution in [-0.4, -0.2) is 33.5 Å². The number of ether oxygens (including phenoxy) is 3. The van der Waals surface area contributed by atoms with E-state index >= 15 is 0 Å². The summed E-state index contributed by atoms with van der Waals surface area (Å²) in [5, 5.41) is 4.08. The highest BCUT2D eigenvalue weighted by Crippen LogP contribution is 2.21. The molecule has 0 aliphatic carbocycles. The van der Waals surface area contributed by atoms with Crippen molar-refractivity contribution in [3.8, 4) is 5.75 Å². The Hall–Kier alpha value is -0.580. The molecule has 0 unspecified atom stereocenters. The van der Waals surface area contributed by atoms with Gasteiger partial charge in [0.25, 0.3) is 0 Å². The minimum atomic E-state index is 0.598. The van der Waals surface area contributed by atoms with Gasteiger partial charge in [0.2, 0.25) is 0 Å². The Morgan fingerprint density at radius 3 is 2.57 bits per heavy atom. The van der Waals surface area contributed by atoms with E-state index in [1.165, 1.54) is 5.56 Å².